The first-order valence-corrected chi connectivity index (χ1v) is 19.1. The normalized spacial score (nSPS) is 20.9. The average molecular weight is 793 g/mol. The number of aromatic nitrogens is 1. The summed E-state index contributed by atoms with van der Waals surface area (Å²) >= 11 is 7.16. The van der Waals surface area contributed by atoms with Gasteiger partial charge in [-0.25, -0.2) is 0 Å². The third-order valence-electron chi connectivity index (χ3n) is 11.3. The van der Waals surface area contributed by atoms with Crippen LogP contribution in [0.5, 0.6) is 17.5 Å². The molecule has 10 nitrogen and oxygen atoms in total. The number of halogens is 4. The first-order chi connectivity index (χ1) is 26.8. The van der Waals surface area contributed by atoms with Crippen molar-refractivity contribution in [2.24, 2.45) is 0 Å². The van der Waals surface area contributed by atoms with Crippen molar-refractivity contribution in [1.82, 2.24) is 20.5 Å². The van der Waals surface area contributed by atoms with Crippen molar-refractivity contribution >= 4 is 23.5 Å². The van der Waals surface area contributed by atoms with E-state index >= 15 is 0 Å². The van der Waals surface area contributed by atoms with E-state index in [0.29, 0.717) is 62.5 Å². The largest absolute Gasteiger partial charge is 0.496 e. The van der Waals surface area contributed by atoms with Gasteiger partial charge in [0, 0.05) is 54.4 Å². The second-order valence-electron chi connectivity index (χ2n) is 14.8. The maximum atomic E-state index is 14.6. The highest BCUT2D eigenvalue weighted by Gasteiger charge is 2.44. The van der Waals surface area contributed by atoms with E-state index in [9.17, 15) is 27.9 Å². The molecule has 3 aromatic carbocycles. The molecule has 56 heavy (non-hydrogen) atoms. The van der Waals surface area contributed by atoms with Gasteiger partial charge in [0.25, 0.3) is 0 Å². The lowest BCUT2D eigenvalue weighted by molar-refractivity contribution is -0.149. The molecule has 0 spiro atoms. The highest BCUT2D eigenvalue weighted by Crippen LogP contribution is 2.46. The lowest BCUT2D eigenvalue weighted by Gasteiger charge is -2.31. The number of carbonyl (C=O) groups is 2. The minimum absolute atomic E-state index is 0.0526. The van der Waals surface area contributed by atoms with E-state index < -0.39 is 35.2 Å². The lowest BCUT2D eigenvalue weighted by Crippen LogP contribution is -2.47. The van der Waals surface area contributed by atoms with Crippen molar-refractivity contribution in [2.75, 3.05) is 27.3 Å². The van der Waals surface area contributed by atoms with Crippen LogP contribution < -0.4 is 24.8 Å². The quantitative estimate of drug-likeness (QED) is 0.124. The van der Waals surface area contributed by atoms with Crippen LogP contribution in [0.15, 0.2) is 60.7 Å². The van der Waals surface area contributed by atoms with E-state index in [1.807, 2.05) is 54.6 Å². The van der Waals surface area contributed by atoms with E-state index in [0.717, 1.165) is 51.4 Å². The number of benzene rings is 3. The summed E-state index contributed by atoms with van der Waals surface area (Å²) < 4.78 is 61.2. The number of aliphatic carboxylic acids is 1. The molecule has 2 aliphatic heterocycles. The number of carboxylic acids is 1. The number of fused-ring (bicyclic) bond motifs is 1. The molecule has 1 aromatic heterocycles. The van der Waals surface area contributed by atoms with Gasteiger partial charge in [-0.15, -0.1) is 0 Å². The fourth-order valence-electron chi connectivity index (χ4n) is 8.18. The zero-order valence-corrected chi connectivity index (χ0v) is 32.1. The molecule has 0 bridgehead atoms. The Morgan fingerprint density at radius 2 is 1.79 bits per heavy atom. The number of pyridine rings is 1. The number of nitrogens with one attached hydrogen (secondary N) is 2. The summed E-state index contributed by atoms with van der Waals surface area (Å²) in [5, 5.41) is 16.8. The Hall–Kier alpha value is -4.85. The average Bonchev–Trinajstić information content (AvgIpc) is 3.90. The number of hydrogen-bond donors (Lipinski definition) is 3. The summed E-state index contributed by atoms with van der Waals surface area (Å²) in [6, 6.07) is 18.4. The van der Waals surface area contributed by atoms with E-state index in [2.05, 4.69) is 15.6 Å². The van der Waals surface area contributed by atoms with E-state index in [-0.39, 0.29) is 29.9 Å². The maximum Gasteiger partial charge on any atom is 0.421 e. The zero-order chi connectivity index (χ0) is 39.8. The summed E-state index contributed by atoms with van der Waals surface area (Å²) in [4.78, 5) is 29.5. The fraction of sp³-hybridized carbons (Fsp3) is 0.405. The van der Waals surface area contributed by atoms with Gasteiger partial charge in [-0.3, -0.25) is 14.5 Å². The van der Waals surface area contributed by atoms with Gasteiger partial charge in [-0.05, 0) is 80.0 Å². The molecule has 296 valence electrons. The predicted octanol–water partition coefficient (Wildman–Crippen LogP) is 7.98. The Morgan fingerprint density at radius 1 is 1.02 bits per heavy atom. The number of carboxylic acid groups (broad SMARTS) is 1. The molecule has 2 saturated heterocycles. The Bertz CT molecular complexity index is 2150. The number of ether oxygens (including phenoxy) is 3. The molecule has 4 aromatic rings. The van der Waals surface area contributed by atoms with Crippen LogP contribution in [0.1, 0.15) is 72.9 Å². The van der Waals surface area contributed by atoms with Crippen molar-refractivity contribution in [2.45, 2.75) is 82.4 Å². The molecule has 14 heteroatoms. The van der Waals surface area contributed by atoms with Crippen molar-refractivity contribution in [3.8, 4) is 39.8 Å². The standard InChI is InChI=1S/C42H44ClF3N4O6/c1-41(40(52)53)17-6-18-50(41)23-26-19-33(42(44,45)46)39(49-38(26)55-3)56-34-15-14-30-29(8-5-9-31(30)34)32-10-4-7-28(37(32)43)24-11-12-25(35(20-24)54-2)21-47-22-27-13-16-36(51)48-27/h4-5,7-12,19-20,27,34,47H,6,13-18,21-23H2,1-3H3,(H,48,51)(H,52,53)/t27-,34-,41-/m0/s1. The molecule has 3 heterocycles. The Balaban J connectivity index is 1.14. The van der Waals surface area contributed by atoms with Crippen molar-refractivity contribution in [3.63, 3.8) is 0 Å². The van der Waals surface area contributed by atoms with Crippen LogP contribution in [0, 0.1) is 0 Å². The molecule has 0 unspecified atom stereocenters. The van der Waals surface area contributed by atoms with E-state index in [1.165, 1.54) is 7.11 Å². The molecule has 1 amide bonds. The van der Waals surface area contributed by atoms with Crippen molar-refractivity contribution in [3.05, 3.63) is 93.5 Å². The molecule has 1 aliphatic carbocycles. The van der Waals surface area contributed by atoms with Gasteiger partial charge in [-0.1, -0.05) is 60.1 Å². The smallest absolute Gasteiger partial charge is 0.421 e. The monoisotopic (exact) mass is 792 g/mol. The number of carbonyl (C=O) groups excluding carboxylic acids is 1. The summed E-state index contributed by atoms with van der Waals surface area (Å²) in [6.45, 7) is 3.14. The fourth-order valence-corrected chi connectivity index (χ4v) is 8.52. The Morgan fingerprint density at radius 3 is 2.50 bits per heavy atom. The molecule has 3 N–H and O–H groups in total. The lowest BCUT2D eigenvalue weighted by atomic mass is 9.93. The number of hydrogen-bond acceptors (Lipinski definition) is 8. The van der Waals surface area contributed by atoms with Gasteiger partial charge in [-0.2, -0.15) is 18.2 Å². The predicted molar refractivity (Wildman–Crippen MR) is 205 cm³/mol. The second kappa shape index (κ2) is 16.0. The van der Waals surface area contributed by atoms with E-state index in [4.69, 9.17) is 25.8 Å². The summed E-state index contributed by atoms with van der Waals surface area (Å²) in [7, 11) is 2.94. The minimum Gasteiger partial charge on any atom is -0.496 e. The number of rotatable bonds is 13. The molecular formula is C42H44ClF3N4O6. The summed E-state index contributed by atoms with van der Waals surface area (Å²) in [5.74, 6) is -0.908. The highest BCUT2D eigenvalue weighted by atomic mass is 35.5. The SMILES string of the molecule is COc1cc(-c2cccc(-c3cccc4c3CC[C@@H]4Oc3nc(OC)c(CN4CCC[C@@]4(C)C(=O)O)cc3C(F)(F)F)c2Cl)ccc1CNC[C@@H]1CCC(=O)N1. The van der Waals surface area contributed by atoms with Crippen molar-refractivity contribution in [1.29, 1.82) is 0 Å². The van der Waals surface area contributed by atoms with Crippen molar-refractivity contribution < 1.29 is 42.1 Å². The van der Waals surface area contributed by atoms with Gasteiger partial charge < -0.3 is 30.0 Å². The molecule has 3 aliphatic rings. The maximum absolute atomic E-state index is 14.6. The second-order valence-corrected chi connectivity index (χ2v) is 15.1. The topological polar surface area (TPSA) is 122 Å². The van der Waals surface area contributed by atoms with Gasteiger partial charge in [0.2, 0.25) is 17.7 Å². The molecule has 7 rings (SSSR count). The molecule has 3 atom stereocenters. The first kappa shape index (κ1) is 39.4. The Labute approximate surface area is 328 Å². The summed E-state index contributed by atoms with van der Waals surface area (Å²) in [5.41, 5.74) is 3.78. The van der Waals surface area contributed by atoms with Crippen LogP contribution in [0.3, 0.4) is 0 Å². The highest BCUT2D eigenvalue weighted by molar-refractivity contribution is 6.36. The number of alkyl halides is 3. The van der Waals surface area contributed by atoms with Crippen LogP contribution in [0.4, 0.5) is 13.2 Å². The number of likely N-dealkylation sites (tertiary alicyclic amines) is 1. The van der Waals surface area contributed by atoms with Crippen LogP contribution in [0.2, 0.25) is 5.02 Å². The number of amides is 1. The van der Waals surface area contributed by atoms with Gasteiger partial charge >= 0.3 is 12.1 Å². The third kappa shape index (κ3) is 7.76. The summed E-state index contributed by atoms with van der Waals surface area (Å²) in [6.07, 6.45) is -2.22. The third-order valence-corrected chi connectivity index (χ3v) is 11.7. The number of methoxy groups -OCH3 is 2. The van der Waals surface area contributed by atoms with E-state index in [1.54, 1.807) is 18.9 Å². The van der Waals surface area contributed by atoms with Gasteiger partial charge in [0.1, 0.15) is 23.0 Å². The number of nitrogens with zero attached hydrogens (tertiary/aromatic N) is 2. The van der Waals surface area contributed by atoms with Gasteiger partial charge in [0.15, 0.2) is 0 Å². The Kier molecular flexibility index (Phi) is 11.2. The molecule has 2 fully saturated rings. The van der Waals surface area contributed by atoms with Crippen LogP contribution in [0.25, 0.3) is 22.3 Å². The van der Waals surface area contributed by atoms with Crippen LogP contribution >= 0.6 is 11.6 Å². The van der Waals surface area contributed by atoms with Crippen LogP contribution in [-0.4, -0.2) is 65.8 Å². The molecule has 0 radical (unpaired) electrons. The minimum atomic E-state index is -4.80. The van der Waals surface area contributed by atoms with Gasteiger partial charge in [0.05, 0.1) is 19.2 Å². The molecule has 0 saturated carbocycles. The zero-order valence-electron chi connectivity index (χ0n) is 31.4. The first-order valence-electron chi connectivity index (χ1n) is 18.7. The van der Waals surface area contributed by atoms with Crippen LogP contribution in [-0.2, 0) is 35.3 Å². The molecular weight excluding hydrogens is 749 g/mol.